The van der Waals surface area contributed by atoms with E-state index in [9.17, 15) is 4.79 Å². The monoisotopic (exact) mass is 310 g/mol. The summed E-state index contributed by atoms with van der Waals surface area (Å²) in [6.45, 7) is 8.45. The van der Waals surface area contributed by atoms with Crippen LogP contribution < -0.4 is 10.2 Å². The first-order valence-corrected chi connectivity index (χ1v) is 7.66. The summed E-state index contributed by atoms with van der Waals surface area (Å²) in [5.74, 6) is 0.613. The molecule has 0 radical (unpaired) electrons. The van der Waals surface area contributed by atoms with E-state index in [1.54, 1.807) is 6.07 Å². The van der Waals surface area contributed by atoms with Crippen LogP contribution in [0.3, 0.4) is 0 Å². The van der Waals surface area contributed by atoms with Crippen LogP contribution in [0.25, 0.3) is 0 Å². The van der Waals surface area contributed by atoms with Crippen molar-refractivity contribution in [3.63, 3.8) is 0 Å². The lowest BCUT2D eigenvalue weighted by molar-refractivity contribution is 0.0954. The molecule has 0 heterocycles. The van der Waals surface area contributed by atoms with Crippen molar-refractivity contribution in [3.05, 3.63) is 64.7 Å². The third-order valence-electron chi connectivity index (χ3n) is 3.68. The van der Waals surface area contributed by atoms with E-state index in [1.807, 2.05) is 64.1 Å². The maximum absolute atomic E-state index is 12.1. The molecule has 0 saturated carbocycles. The van der Waals surface area contributed by atoms with Crippen molar-refractivity contribution in [2.75, 3.05) is 6.61 Å². The van der Waals surface area contributed by atoms with Gasteiger partial charge < -0.3 is 4.74 Å². The van der Waals surface area contributed by atoms with Gasteiger partial charge in [0, 0.05) is 5.56 Å². The van der Waals surface area contributed by atoms with E-state index in [0.717, 1.165) is 28.2 Å². The lowest BCUT2D eigenvalue weighted by Crippen LogP contribution is -2.19. The number of nitrogens with zero attached hydrogens (tertiary/aromatic N) is 1. The SMILES string of the molecule is CCOc1ccc(/C(C)=N/NC(=O)c2ccc(C)c(C)c2)cc1. The molecule has 0 aromatic heterocycles. The van der Waals surface area contributed by atoms with Crippen LogP contribution >= 0.6 is 0 Å². The van der Waals surface area contributed by atoms with Crippen molar-refractivity contribution >= 4 is 11.6 Å². The van der Waals surface area contributed by atoms with E-state index >= 15 is 0 Å². The molecular formula is C19H22N2O2. The van der Waals surface area contributed by atoms with Crippen LogP contribution in [0.1, 0.15) is 40.9 Å². The zero-order chi connectivity index (χ0) is 16.8. The number of hydrazone groups is 1. The molecule has 4 nitrogen and oxygen atoms in total. The lowest BCUT2D eigenvalue weighted by Gasteiger charge is -2.06. The van der Waals surface area contributed by atoms with Crippen molar-refractivity contribution in [3.8, 4) is 5.75 Å². The Hall–Kier alpha value is -2.62. The van der Waals surface area contributed by atoms with Crippen molar-refractivity contribution in [2.45, 2.75) is 27.7 Å². The number of amides is 1. The Morgan fingerprint density at radius 2 is 1.70 bits per heavy atom. The summed E-state index contributed by atoms with van der Waals surface area (Å²) in [6.07, 6.45) is 0. The van der Waals surface area contributed by atoms with Gasteiger partial charge in [-0.25, -0.2) is 5.43 Å². The molecular weight excluding hydrogens is 288 g/mol. The maximum Gasteiger partial charge on any atom is 0.271 e. The van der Waals surface area contributed by atoms with Crippen molar-refractivity contribution < 1.29 is 9.53 Å². The van der Waals surface area contributed by atoms with Gasteiger partial charge in [-0.1, -0.05) is 6.07 Å². The van der Waals surface area contributed by atoms with Gasteiger partial charge in [-0.05, 0) is 80.8 Å². The lowest BCUT2D eigenvalue weighted by atomic mass is 10.1. The molecule has 2 rings (SSSR count). The molecule has 0 atom stereocenters. The van der Waals surface area contributed by atoms with Gasteiger partial charge in [0.05, 0.1) is 12.3 Å². The number of ether oxygens (including phenoxy) is 1. The van der Waals surface area contributed by atoms with Crippen LogP contribution in [0.5, 0.6) is 5.75 Å². The minimum atomic E-state index is -0.210. The highest BCUT2D eigenvalue weighted by molar-refractivity contribution is 6.01. The summed E-state index contributed by atoms with van der Waals surface area (Å²) in [6, 6.07) is 13.2. The Balaban J connectivity index is 2.05. The minimum absolute atomic E-state index is 0.210. The molecule has 1 amide bonds. The van der Waals surface area contributed by atoms with Crippen molar-refractivity contribution in [2.24, 2.45) is 5.10 Å². The summed E-state index contributed by atoms with van der Waals surface area (Å²) in [5, 5.41) is 4.17. The first kappa shape index (κ1) is 16.7. The molecule has 0 fully saturated rings. The van der Waals surface area contributed by atoms with E-state index in [-0.39, 0.29) is 5.91 Å². The molecule has 0 aliphatic carbocycles. The fraction of sp³-hybridized carbons (Fsp3) is 0.263. The Bertz CT molecular complexity index is 719. The van der Waals surface area contributed by atoms with E-state index < -0.39 is 0 Å². The molecule has 2 aromatic carbocycles. The molecule has 120 valence electrons. The Morgan fingerprint density at radius 1 is 1.04 bits per heavy atom. The average molecular weight is 310 g/mol. The number of nitrogens with one attached hydrogen (secondary N) is 1. The fourth-order valence-corrected chi connectivity index (χ4v) is 2.11. The number of carbonyl (C=O) groups excluding carboxylic acids is 1. The molecule has 4 heteroatoms. The van der Waals surface area contributed by atoms with Crippen LogP contribution in [0.15, 0.2) is 47.6 Å². The van der Waals surface area contributed by atoms with E-state index in [2.05, 4.69) is 10.5 Å². The first-order valence-electron chi connectivity index (χ1n) is 7.66. The molecule has 2 aromatic rings. The van der Waals surface area contributed by atoms with Crippen molar-refractivity contribution in [1.29, 1.82) is 0 Å². The molecule has 0 saturated heterocycles. The number of aryl methyl sites for hydroxylation is 2. The third kappa shape index (κ3) is 4.42. The summed E-state index contributed by atoms with van der Waals surface area (Å²) >= 11 is 0. The zero-order valence-corrected chi connectivity index (χ0v) is 14.0. The van der Waals surface area contributed by atoms with Gasteiger partial charge in [0.2, 0.25) is 0 Å². The normalized spacial score (nSPS) is 11.2. The van der Waals surface area contributed by atoms with Gasteiger partial charge in [-0.15, -0.1) is 0 Å². The summed E-state index contributed by atoms with van der Waals surface area (Å²) in [5.41, 5.74) is 7.14. The molecule has 23 heavy (non-hydrogen) atoms. The third-order valence-corrected chi connectivity index (χ3v) is 3.68. The highest BCUT2D eigenvalue weighted by Crippen LogP contribution is 2.13. The highest BCUT2D eigenvalue weighted by atomic mass is 16.5. The molecule has 0 unspecified atom stereocenters. The molecule has 0 aliphatic heterocycles. The summed E-state index contributed by atoms with van der Waals surface area (Å²) < 4.78 is 5.41. The largest absolute Gasteiger partial charge is 0.494 e. The average Bonchev–Trinajstić information content (AvgIpc) is 2.56. The quantitative estimate of drug-likeness (QED) is 0.673. The molecule has 1 N–H and O–H groups in total. The standard InChI is InChI=1S/C19H22N2O2/c1-5-23-18-10-8-16(9-11-18)15(4)20-21-19(22)17-7-6-13(2)14(3)12-17/h6-12H,5H2,1-4H3,(H,21,22)/b20-15+. The molecule has 0 spiro atoms. The predicted molar refractivity (Wildman–Crippen MR) is 93.2 cm³/mol. The second-order valence-electron chi connectivity index (χ2n) is 5.39. The number of hydrogen-bond donors (Lipinski definition) is 1. The van der Waals surface area contributed by atoms with Gasteiger partial charge >= 0.3 is 0 Å². The van der Waals surface area contributed by atoms with Gasteiger partial charge in [0.15, 0.2) is 0 Å². The Kier molecular flexibility index (Phi) is 5.52. The second kappa shape index (κ2) is 7.58. The molecule has 0 aliphatic rings. The summed E-state index contributed by atoms with van der Waals surface area (Å²) in [7, 11) is 0. The van der Waals surface area contributed by atoms with Gasteiger partial charge in [-0.2, -0.15) is 5.10 Å². The first-order chi connectivity index (χ1) is 11.0. The summed E-state index contributed by atoms with van der Waals surface area (Å²) in [4.78, 5) is 12.1. The van der Waals surface area contributed by atoms with Gasteiger partial charge in [0.25, 0.3) is 5.91 Å². The number of hydrogen-bond acceptors (Lipinski definition) is 3. The second-order valence-corrected chi connectivity index (χ2v) is 5.39. The minimum Gasteiger partial charge on any atom is -0.494 e. The topological polar surface area (TPSA) is 50.7 Å². The van der Waals surface area contributed by atoms with Crippen molar-refractivity contribution in [1.82, 2.24) is 5.43 Å². The van der Waals surface area contributed by atoms with Crippen LogP contribution in [-0.2, 0) is 0 Å². The van der Waals surface area contributed by atoms with E-state index in [1.165, 1.54) is 0 Å². The number of benzene rings is 2. The van der Waals surface area contributed by atoms with Gasteiger partial charge in [0.1, 0.15) is 5.75 Å². The van der Waals surface area contributed by atoms with E-state index in [0.29, 0.717) is 12.2 Å². The highest BCUT2D eigenvalue weighted by Gasteiger charge is 2.06. The smallest absolute Gasteiger partial charge is 0.271 e. The Labute approximate surface area is 137 Å². The van der Waals surface area contributed by atoms with Crippen LogP contribution in [0, 0.1) is 13.8 Å². The predicted octanol–water partition coefficient (Wildman–Crippen LogP) is 3.86. The zero-order valence-electron chi connectivity index (χ0n) is 14.0. The van der Waals surface area contributed by atoms with Gasteiger partial charge in [-0.3, -0.25) is 4.79 Å². The van der Waals surface area contributed by atoms with Crippen LogP contribution in [-0.4, -0.2) is 18.2 Å². The fourth-order valence-electron chi connectivity index (χ4n) is 2.11. The van der Waals surface area contributed by atoms with Crippen LogP contribution in [0.4, 0.5) is 0 Å². The van der Waals surface area contributed by atoms with Crippen LogP contribution in [0.2, 0.25) is 0 Å². The molecule has 0 bridgehead atoms. The maximum atomic E-state index is 12.1. The number of carbonyl (C=O) groups is 1. The Morgan fingerprint density at radius 3 is 2.30 bits per heavy atom. The number of rotatable bonds is 5. The van der Waals surface area contributed by atoms with E-state index in [4.69, 9.17) is 4.74 Å².